The molecular weight excluding hydrogens is 254 g/mol. The first-order valence-electron chi connectivity index (χ1n) is 6.26. The summed E-state index contributed by atoms with van der Waals surface area (Å²) in [4.78, 5) is 9.73. The summed E-state index contributed by atoms with van der Waals surface area (Å²) in [6, 6.07) is 8.51. The predicted molar refractivity (Wildman–Crippen MR) is 79.1 cm³/mol. The van der Waals surface area contributed by atoms with Crippen LogP contribution >= 0.6 is 11.3 Å². The molecule has 3 rings (SSSR count). The van der Waals surface area contributed by atoms with Gasteiger partial charge < -0.3 is 5.32 Å². The molecule has 96 valence electrons. The summed E-state index contributed by atoms with van der Waals surface area (Å²) in [6.07, 6.45) is 5.65. The molecule has 0 amide bonds. The summed E-state index contributed by atoms with van der Waals surface area (Å²) in [7, 11) is 0. The third-order valence-corrected chi connectivity index (χ3v) is 3.89. The van der Waals surface area contributed by atoms with Gasteiger partial charge in [0.15, 0.2) is 0 Å². The number of fused-ring (bicyclic) bond motifs is 1. The highest BCUT2D eigenvalue weighted by Gasteiger charge is 1.99. The van der Waals surface area contributed by atoms with Gasteiger partial charge in [0, 0.05) is 41.9 Å². The standard InChI is InChI=1S/C15H15N3S/c1-11-7-18-15(19-11)10-17-8-12-2-3-14-9-16-5-4-13(14)6-12/h2-7,9,17H,8,10H2,1H3. The molecule has 0 atom stereocenters. The molecular formula is C15H15N3S. The van der Waals surface area contributed by atoms with E-state index in [-0.39, 0.29) is 0 Å². The lowest BCUT2D eigenvalue weighted by Gasteiger charge is -2.04. The highest BCUT2D eigenvalue weighted by molar-refractivity contribution is 7.11. The zero-order valence-electron chi connectivity index (χ0n) is 10.8. The van der Waals surface area contributed by atoms with E-state index in [0.29, 0.717) is 0 Å². The van der Waals surface area contributed by atoms with E-state index in [2.05, 4.69) is 40.4 Å². The number of nitrogens with zero attached hydrogens (tertiary/aromatic N) is 2. The van der Waals surface area contributed by atoms with E-state index in [4.69, 9.17) is 0 Å². The maximum absolute atomic E-state index is 4.34. The van der Waals surface area contributed by atoms with Gasteiger partial charge in [-0.1, -0.05) is 12.1 Å². The summed E-state index contributed by atoms with van der Waals surface area (Å²) in [5.74, 6) is 0. The molecule has 0 saturated heterocycles. The first-order valence-corrected chi connectivity index (χ1v) is 7.07. The fourth-order valence-corrected chi connectivity index (χ4v) is 2.80. The number of benzene rings is 1. The number of thiazole rings is 1. The van der Waals surface area contributed by atoms with E-state index in [0.717, 1.165) is 18.1 Å². The normalized spacial score (nSPS) is 11.0. The molecule has 0 saturated carbocycles. The molecule has 0 aliphatic heterocycles. The van der Waals surface area contributed by atoms with Gasteiger partial charge in [-0.25, -0.2) is 4.98 Å². The minimum Gasteiger partial charge on any atom is -0.306 e. The Bertz CT molecular complexity index is 690. The number of aryl methyl sites for hydroxylation is 1. The smallest absolute Gasteiger partial charge is 0.107 e. The predicted octanol–water partition coefficient (Wildman–Crippen LogP) is 3.29. The van der Waals surface area contributed by atoms with Gasteiger partial charge in [-0.15, -0.1) is 11.3 Å². The quantitative estimate of drug-likeness (QED) is 0.789. The molecule has 0 fully saturated rings. The Kier molecular flexibility index (Phi) is 3.53. The maximum atomic E-state index is 4.34. The van der Waals surface area contributed by atoms with Gasteiger partial charge in [0.2, 0.25) is 0 Å². The number of nitrogens with one attached hydrogen (secondary N) is 1. The van der Waals surface area contributed by atoms with Crippen molar-refractivity contribution in [1.29, 1.82) is 0 Å². The highest BCUT2D eigenvalue weighted by Crippen LogP contribution is 2.15. The lowest BCUT2D eigenvalue weighted by Crippen LogP contribution is -2.12. The number of aromatic nitrogens is 2. The van der Waals surface area contributed by atoms with Crippen LogP contribution in [0.3, 0.4) is 0 Å². The SMILES string of the molecule is Cc1cnc(CNCc2ccc3cnccc3c2)s1. The Morgan fingerprint density at radius 3 is 2.89 bits per heavy atom. The number of hydrogen-bond acceptors (Lipinski definition) is 4. The zero-order valence-corrected chi connectivity index (χ0v) is 11.6. The van der Waals surface area contributed by atoms with Crippen LogP contribution in [0.4, 0.5) is 0 Å². The molecule has 3 nitrogen and oxygen atoms in total. The molecule has 0 unspecified atom stereocenters. The average molecular weight is 269 g/mol. The van der Waals surface area contributed by atoms with Crippen LogP contribution in [0, 0.1) is 6.92 Å². The molecule has 0 bridgehead atoms. The summed E-state index contributed by atoms with van der Waals surface area (Å²) in [5.41, 5.74) is 1.28. The van der Waals surface area contributed by atoms with Crippen molar-refractivity contribution in [2.24, 2.45) is 0 Å². The van der Waals surface area contributed by atoms with Crippen LogP contribution in [0.5, 0.6) is 0 Å². The fraction of sp³-hybridized carbons (Fsp3) is 0.200. The molecule has 2 heterocycles. The van der Waals surface area contributed by atoms with Crippen molar-refractivity contribution in [1.82, 2.24) is 15.3 Å². The molecule has 0 aliphatic rings. The van der Waals surface area contributed by atoms with Crippen LogP contribution < -0.4 is 5.32 Å². The molecule has 0 spiro atoms. The molecule has 0 aliphatic carbocycles. The Labute approximate surface area is 116 Å². The van der Waals surface area contributed by atoms with Crippen molar-refractivity contribution in [2.45, 2.75) is 20.0 Å². The second-order valence-electron chi connectivity index (χ2n) is 4.53. The molecule has 19 heavy (non-hydrogen) atoms. The van der Waals surface area contributed by atoms with Crippen LogP contribution in [-0.2, 0) is 13.1 Å². The van der Waals surface area contributed by atoms with Gasteiger partial charge in [-0.05, 0) is 30.0 Å². The first kappa shape index (κ1) is 12.3. The average Bonchev–Trinajstić information content (AvgIpc) is 2.84. The third kappa shape index (κ3) is 2.97. The van der Waals surface area contributed by atoms with Crippen molar-refractivity contribution in [3.63, 3.8) is 0 Å². The fourth-order valence-electron chi connectivity index (χ4n) is 2.04. The maximum Gasteiger partial charge on any atom is 0.107 e. The van der Waals surface area contributed by atoms with Gasteiger partial charge in [0.25, 0.3) is 0 Å². The molecule has 2 aromatic heterocycles. The van der Waals surface area contributed by atoms with Crippen LogP contribution in [0.25, 0.3) is 10.8 Å². The van der Waals surface area contributed by atoms with E-state index < -0.39 is 0 Å². The lowest BCUT2D eigenvalue weighted by atomic mass is 10.1. The van der Waals surface area contributed by atoms with E-state index in [1.165, 1.54) is 21.2 Å². The summed E-state index contributed by atoms with van der Waals surface area (Å²) in [5, 5.41) is 6.99. The second-order valence-corrected chi connectivity index (χ2v) is 5.84. The van der Waals surface area contributed by atoms with Crippen LogP contribution in [0.1, 0.15) is 15.4 Å². The molecule has 0 radical (unpaired) electrons. The van der Waals surface area contributed by atoms with Gasteiger partial charge in [0.1, 0.15) is 5.01 Å². The van der Waals surface area contributed by atoms with Crippen LogP contribution in [-0.4, -0.2) is 9.97 Å². The van der Waals surface area contributed by atoms with E-state index in [1.54, 1.807) is 11.3 Å². The highest BCUT2D eigenvalue weighted by atomic mass is 32.1. The van der Waals surface area contributed by atoms with Crippen molar-refractivity contribution >= 4 is 22.1 Å². The van der Waals surface area contributed by atoms with Gasteiger partial charge in [0.05, 0.1) is 0 Å². The second kappa shape index (κ2) is 5.47. The zero-order chi connectivity index (χ0) is 13.1. The Morgan fingerprint density at radius 2 is 2.05 bits per heavy atom. The third-order valence-electron chi connectivity index (χ3n) is 2.98. The number of pyridine rings is 1. The minimum absolute atomic E-state index is 0.826. The van der Waals surface area contributed by atoms with Crippen molar-refractivity contribution in [3.8, 4) is 0 Å². The topological polar surface area (TPSA) is 37.8 Å². The molecule has 4 heteroatoms. The van der Waals surface area contributed by atoms with Gasteiger partial charge >= 0.3 is 0 Å². The number of rotatable bonds is 4. The van der Waals surface area contributed by atoms with Crippen molar-refractivity contribution < 1.29 is 0 Å². The summed E-state index contributed by atoms with van der Waals surface area (Å²) in [6.45, 7) is 3.77. The van der Waals surface area contributed by atoms with E-state index >= 15 is 0 Å². The Balaban J connectivity index is 1.65. The van der Waals surface area contributed by atoms with E-state index in [9.17, 15) is 0 Å². The van der Waals surface area contributed by atoms with Gasteiger partial charge in [-0.3, -0.25) is 4.98 Å². The van der Waals surface area contributed by atoms with E-state index in [1.807, 2.05) is 24.7 Å². The molecule has 1 N–H and O–H groups in total. The summed E-state index contributed by atoms with van der Waals surface area (Å²) >= 11 is 1.74. The largest absolute Gasteiger partial charge is 0.306 e. The Morgan fingerprint density at radius 1 is 1.11 bits per heavy atom. The van der Waals surface area contributed by atoms with Crippen molar-refractivity contribution in [2.75, 3.05) is 0 Å². The van der Waals surface area contributed by atoms with Gasteiger partial charge in [-0.2, -0.15) is 0 Å². The van der Waals surface area contributed by atoms with Crippen LogP contribution in [0.15, 0.2) is 42.9 Å². The minimum atomic E-state index is 0.826. The molecule has 3 aromatic rings. The lowest BCUT2D eigenvalue weighted by molar-refractivity contribution is 0.690. The molecule has 1 aromatic carbocycles. The van der Waals surface area contributed by atoms with Crippen molar-refractivity contribution in [3.05, 3.63) is 58.3 Å². The summed E-state index contributed by atoms with van der Waals surface area (Å²) < 4.78 is 0. The Hall–Kier alpha value is -1.78. The first-order chi connectivity index (χ1) is 9.31. The van der Waals surface area contributed by atoms with Crippen LogP contribution in [0.2, 0.25) is 0 Å². The number of hydrogen-bond donors (Lipinski definition) is 1. The monoisotopic (exact) mass is 269 g/mol.